The highest BCUT2D eigenvalue weighted by Crippen LogP contribution is 2.28. The first kappa shape index (κ1) is 19.1. The fourth-order valence-corrected chi connectivity index (χ4v) is 2.57. The molecule has 0 aliphatic heterocycles. The predicted octanol–water partition coefficient (Wildman–Crippen LogP) is 4.50. The smallest absolute Gasteiger partial charge is 0.251 e. The van der Waals surface area contributed by atoms with Crippen molar-refractivity contribution in [3.05, 3.63) is 58.6 Å². The molecule has 0 heterocycles. The van der Waals surface area contributed by atoms with Crippen molar-refractivity contribution < 1.29 is 14.3 Å². The molecule has 0 atom stereocenters. The van der Waals surface area contributed by atoms with Gasteiger partial charge in [0.25, 0.3) is 5.91 Å². The standard InChI is InChI=1S/C20H24ClNO3/c1-3-24-18-12-9-16(14-19(18)25-4-2)20(23)22-13-5-6-15-7-10-17(21)11-8-15/h7-12,14H,3-6,13H2,1-2H3,(H,22,23). The summed E-state index contributed by atoms with van der Waals surface area (Å²) in [6.45, 7) is 5.50. The molecular weight excluding hydrogens is 338 g/mol. The van der Waals surface area contributed by atoms with Crippen molar-refractivity contribution in [2.24, 2.45) is 0 Å². The number of hydrogen-bond acceptors (Lipinski definition) is 3. The quantitative estimate of drug-likeness (QED) is 0.669. The van der Waals surface area contributed by atoms with Gasteiger partial charge in [0.15, 0.2) is 11.5 Å². The summed E-state index contributed by atoms with van der Waals surface area (Å²) in [5, 5.41) is 3.67. The van der Waals surface area contributed by atoms with E-state index in [9.17, 15) is 4.79 Å². The van der Waals surface area contributed by atoms with Crippen LogP contribution in [0.25, 0.3) is 0 Å². The molecule has 2 aromatic carbocycles. The highest BCUT2D eigenvalue weighted by molar-refractivity contribution is 6.30. The summed E-state index contributed by atoms with van der Waals surface area (Å²) in [5.74, 6) is 1.14. The highest BCUT2D eigenvalue weighted by atomic mass is 35.5. The van der Waals surface area contributed by atoms with Crippen molar-refractivity contribution >= 4 is 17.5 Å². The van der Waals surface area contributed by atoms with Gasteiger partial charge < -0.3 is 14.8 Å². The average molecular weight is 362 g/mol. The van der Waals surface area contributed by atoms with Gasteiger partial charge in [-0.1, -0.05) is 23.7 Å². The van der Waals surface area contributed by atoms with E-state index in [1.165, 1.54) is 5.56 Å². The van der Waals surface area contributed by atoms with Gasteiger partial charge in [-0.25, -0.2) is 0 Å². The lowest BCUT2D eigenvalue weighted by Crippen LogP contribution is -2.24. The number of amides is 1. The van der Waals surface area contributed by atoms with E-state index in [2.05, 4.69) is 5.32 Å². The Kier molecular flexibility index (Phi) is 7.61. The summed E-state index contributed by atoms with van der Waals surface area (Å²) in [4.78, 5) is 12.3. The summed E-state index contributed by atoms with van der Waals surface area (Å²) in [5.41, 5.74) is 1.77. The Morgan fingerprint density at radius 3 is 2.36 bits per heavy atom. The second-order valence-electron chi connectivity index (χ2n) is 5.51. The number of benzene rings is 2. The minimum Gasteiger partial charge on any atom is -0.490 e. The summed E-state index contributed by atoms with van der Waals surface area (Å²) in [7, 11) is 0. The lowest BCUT2D eigenvalue weighted by molar-refractivity contribution is 0.0952. The van der Waals surface area contributed by atoms with Crippen molar-refractivity contribution in [1.82, 2.24) is 5.32 Å². The molecule has 0 saturated carbocycles. The molecule has 0 bridgehead atoms. The zero-order valence-electron chi connectivity index (χ0n) is 14.7. The third-order valence-electron chi connectivity index (χ3n) is 3.65. The molecule has 0 aromatic heterocycles. The Bertz CT molecular complexity index is 686. The van der Waals surface area contributed by atoms with E-state index in [0.29, 0.717) is 36.8 Å². The molecule has 5 heteroatoms. The number of aryl methyl sites for hydroxylation is 1. The topological polar surface area (TPSA) is 47.6 Å². The molecule has 0 aliphatic carbocycles. The van der Waals surface area contributed by atoms with E-state index in [0.717, 1.165) is 17.9 Å². The van der Waals surface area contributed by atoms with Gasteiger partial charge in [0.2, 0.25) is 0 Å². The highest BCUT2D eigenvalue weighted by Gasteiger charge is 2.11. The Morgan fingerprint density at radius 2 is 1.68 bits per heavy atom. The van der Waals surface area contributed by atoms with E-state index in [4.69, 9.17) is 21.1 Å². The molecule has 1 N–H and O–H groups in total. The summed E-state index contributed by atoms with van der Waals surface area (Å²) in [6, 6.07) is 13.0. The zero-order valence-corrected chi connectivity index (χ0v) is 15.4. The summed E-state index contributed by atoms with van der Waals surface area (Å²) >= 11 is 5.87. The second-order valence-corrected chi connectivity index (χ2v) is 5.95. The van der Waals surface area contributed by atoms with Crippen LogP contribution >= 0.6 is 11.6 Å². The first-order chi connectivity index (χ1) is 12.1. The van der Waals surface area contributed by atoms with Crippen LogP contribution in [0.5, 0.6) is 11.5 Å². The van der Waals surface area contributed by atoms with Crippen molar-refractivity contribution in [1.29, 1.82) is 0 Å². The number of nitrogens with one attached hydrogen (secondary N) is 1. The van der Waals surface area contributed by atoms with E-state index < -0.39 is 0 Å². The fourth-order valence-electron chi connectivity index (χ4n) is 2.44. The van der Waals surface area contributed by atoms with E-state index in [1.54, 1.807) is 18.2 Å². The maximum absolute atomic E-state index is 12.3. The second kappa shape index (κ2) is 9.94. The maximum Gasteiger partial charge on any atom is 0.251 e. The lowest BCUT2D eigenvalue weighted by Gasteiger charge is -2.12. The minimum atomic E-state index is -0.111. The Hall–Kier alpha value is -2.20. The summed E-state index contributed by atoms with van der Waals surface area (Å²) < 4.78 is 11.1. The SMILES string of the molecule is CCOc1ccc(C(=O)NCCCc2ccc(Cl)cc2)cc1OCC. The van der Waals surface area contributed by atoms with E-state index in [-0.39, 0.29) is 5.91 Å². The number of carbonyl (C=O) groups is 1. The van der Waals surface area contributed by atoms with Gasteiger partial charge in [-0.2, -0.15) is 0 Å². The van der Waals surface area contributed by atoms with Gasteiger partial charge >= 0.3 is 0 Å². The molecule has 1 amide bonds. The van der Waals surface area contributed by atoms with Gasteiger partial charge in [0.05, 0.1) is 13.2 Å². The molecule has 0 unspecified atom stereocenters. The van der Waals surface area contributed by atoms with Gasteiger partial charge in [0, 0.05) is 17.1 Å². The largest absolute Gasteiger partial charge is 0.490 e. The van der Waals surface area contributed by atoms with Crippen molar-refractivity contribution in [2.45, 2.75) is 26.7 Å². The van der Waals surface area contributed by atoms with Crippen LogP contribution in [0.4, 0.5) is 0 Å². The molecule has 0 aliphatic rings. The van der Waals surface area contributed by atoms with Crippen LogP contribution in [0.2, 0.25) is 5.02 Å². The van der Waals surface area contributed by atoms with Gasteiger partial charge in [0.1, 0.15) is 0 Å². The van der Waals surface area contributed by atoms with Crippen LogP contribution in [-0.4, -0.2) is 25.7 Å². The van der Waals surface area contributed by atoms with Crippen LogP contribution in [0.15, 0.2) is 42.5 Å². The van der Waals surface area contributed by atoms with Gasteiger partial charge in [-0.05, 0) is 62.6 Å². The molecule has 2 aromatic rings. The predicted molar refractivity (Wildman–Crippen MR) is 101 cm³/mol. The molecule has 0 radical (unpaired) electrons. The first-order valence-corrected chi connectivity index (χ1v) is 8.94. The number of carbonyl (C=O) groups excluding carboxylic acids is 1. The molecule has 0 spiro atoms. The number of rotatable bonds is 9. The fraction of sp³-hybridized carbons (Fsp3) is 0.350. The lowest BCUT2D eigenvalue weighted by atomic mass is 10.1. The molecule has 4 nitrogen and oxygen atoms in total. The Morgan fingerprint density at radius 1 is 1.00 bits per heavy atom. The van der Waals surface area contributed by atoms with Crippen molar-refractivity contribution in [3.8, 4) is 11.5 Å². The molecule has 25 heavy (non-hydrogen) atoms. The van der Waals surface area contributed by atoms with Crippen LogP contribution in [0, 0.1) is 0 Å². The van der Waals surface area contributed by atoms with Crippen molar-refractivity contribution in [2.75, 3.05) is 19.8 Å². The van der Waals surface area contributed by atoms with Crippen LogP contribution in [0.1, 0.15) is 36.2 Å². The molecule has 2 rings (SSSR count). The number of hydrogen-bond donors (Lipinski definition) is 1. The molecule has 0 fully saturated rings. The van der Waals surface area contributed by atoms with Crippen LogP contribution in [0.3, 0.4) is 0 Å². The number of halogens is 1. The maximum atomic E-state index is 12.3. The third-order valence-corrected chi connectivity index (χ3v) is 3.90. The minimum absolute atomic E-state index is 0.111. The van der Waals surface area contributed by atoms with Crippen LogP contribution < -0.4 is 14.8 Å². The molecule has 0 saturated heterocycles. The number of ether oxygens (including phenoxy) is 2. The Labute approximate surface area is 154 Å². The van der Waals surface area contributed by atoms with E-state index >= 15 is 0 Å². The first-order valence-electron chi connectivity index (χ1n) is 8.56. The van der Waals surface area contributed by atoms with Gasteiger partial charge in [-0.15, -0.1) is 0 Å². The van der Waals surface area contributed by atoms with Crippen LogP contribution in [-0.2, 0) is 6.42 Å². The average Bonchev–Trinajstić information content (AvgIpc) is 2.62. The van der Waals surface area contributed by atoms with Gasteiger partial charge in [-0.3, -0.25) is 4.79 Å². The summed E-state index contributed by atoms with van der Waals surface area (Å²) in [6.07, 6.45) is 1.76. The monoisotopic (exact) mass is 361 g/mol. The van der Waals surface area contributed by atoms with Crippen molar-refractivity contribution in [3.63, 3.8) is 0 Å². The molecular formula is C20H24ClNO3. The third kappa shape index (κ3) is 5.98. The van der Waals surface area contributed by atoms with E-state index in [1.807, 2.05) is 38.1 Å². The zero-order chi connectivity index (χ0) is 18.1. The molecule has 134 valence electrons. The normalized spacial score (nSPS) is 10.4. The Balaban J connectivity index is 1.87.